The third kappa shape index (κ3) is 3.83. The molecule has 1 fully saturated rings. The van der Waals surface area contributed by atoms with Crippen molar-refractivity contribution in [1.82, 2.24) is 4.90 Å². The van der Waals surface area contributed by atoms with Crippen molar-refractivity contribution in [2.24, 2.45) is 0 Å². The van der Waals surface area contributed by atoms with E-state index in [1.54, 1.807) is 0 Å². The molecule has 1 amide bonds. The summed E-state index contributed by atoms with van der Waals surface area (Å²) >= 11 is 0. The second kappa shape index (κ2) is 6.89. The topological polar surface area (TPSA) is 29.5 Å². The van der Waals surface area contributed by atoms with Crippen LogP contribution in [0.3, 0.4) is 0 Å². The molecule has 2 atom stereocenters. The Kier molecular flexibility index (Phi) is 5.18. The smallest absolute Gasteiger partial charge is 0.254 e. The molecular formula is C17H25NO2. The molecule has 1 aliphatic heterocycles. The fourth-order valence-corrected chi connectivity index (χ4v) is 2.72. The fraction of sp³-hybridized carbons (Fsp3) is 0.588. The van der Waals surface area contributed by atoms with Crippen LogP contribution in [0, 0.1) is 0 Å². The van der Waals surface area contributed by atoms with Gasteiger partial charge in [0.15, 0.2) is 0 Å². The largest absolute Gasteiger partial charge is 0.372 e. The molecule has 0 aromatic heterocycles. The van der Waals surface area contributed by atoms with E-state index in [-0.39, 0.29) is 18.1 Å². The number of benzene rings is 1. The fourth-order valence-electron chi connectivity index (χ4n) is 2.72. The van der Waals surface area contributed by atoms with E-state index in [2.05, 4.69) is 19.1 Å². The van der Waals surface area contributed by atoms with Crippen LogP contribution in [-0.4, -0.2) is 36.1 Å². The third-order valence-corrected chi connectivity index (χ3v) is 3.73. The minimum Gasteiger partial charge on any atom is -0.372 e. The molecule has 1 aromatic carbocycles. The van der Waals surface area contributed by atoms with Gasteiger partial charge in [-0.25, -0.2) is 0 Å². The Morgan fingerprint density at radius 3 is 2.35 bits per heavy atom. The van der Waals surface area contributed by atoms with Gasteiger partial charge < -0.3 is 9.64 Å². The highest BCUT2D eigenvalue weighted by Crippen LogP contribution is 2.15. The van der Waals surface area contributed by atoms with Crippen LogP contribution in [0.1, 0.15) is 49.5 Å². The van der Waals surface area contributed by atoms with E-state index >= 15 is 0 Å². The van der Waals surface area contributed by atoms with Crippen LogP contribution in [0.2, 0.25) is 0 Å². The lowest BCUT2D eigenvalue weighted by atomic mass is 10.1. The number of hydrogen-bond donors (Lipinski definition) is 0. The molecule has 1 aromatic rings. The van der Waals surface area contributed by atoms with Gasteiger partial charge in [-0.2, -0.15) is 0 Å². The van der Waals surface area contributed by atoms with E-state index < -0.39 is 0 Å². The molecule has 110 valence electrons. The highest BCUT2D eigenvalue weighted by atomic mass is 16.5. The highest BCUT2D eigenvalue weighted by molar-refractivity contribution is 5.94. The van der Waals surface area contributed by atoms with Crippen molar-refractivity contribution in [1.29, 1.82) is 0 Å². The highest BCUT2D eigenvalue weighted by Gasteiger charge is 2.26. The number of carbonyl (C=O) groups is 1. The van der Waals surface area contributed by atoms with Crippen LogP contribution in [0.15, 0.2) is 24.3 Å². The van der Waals surface area contributed by atoms with Gasteiger partial charge in [-0.1, -0.05) is 25.5 Å². The zero-order valence-electron chi connectivity index (χ0n) is 12.8. The molecule has 0 radical (unpaired) electrons. The number of unbranched alkanes of at least 4 members (excludes halogenated alkanes) is 1. The lowest BCUT2D eigenvalue weighted by Crippen LogP contribution is -2.48. The second-order valence-corrected chi connectivity index (χ2v) is 5.77. The molecule has 20 heavy (non-hydrogen) atoms. The summed E-state index contributed by atoms with van der Waals surface area (Å²) in [5.74, 6) is 0.119. The first-order valence-corrected chi connectivity index (χ1v) is 7.63. The van der Waals surface area contributed by atoms with Gasteiger partial charge in [-0.05, 0) is 44.4 Å². The second-order valence-electron chi connectivity index (χ2n) is 5.77. The summed E-state index contributed by atoms with van der Waals surface area (Å²) in [4.78, 5) is 14.4. The summed E-state index contributed by atoms with van der Waals surface area (Å²) in [5, 5.41) is 0. The quantitative estimate of drug-likeness (QED) is 0.844. The van der Waals surface area contributed by atoms with E-state index in [0.29, 0.717) is 13.1 Å². The summed E-state index contributed by atoms with van der Waals surface area (Å²) in [6, 6.07) is 8.07. The normalized spacial score (nSPS) is 22.9. The van der Waals surface area contributed by atoms with E-state index in [4.69, 9.17) is 4.74 Å². The Hall–Kier alpha value is -1.35. The predicted octanol–water partition coefficient (Wildman–Crippen LogP) is 3.28. The number of ether oxygens (including phenoxy) is 1. The van der Waals surface area contributed by atoms with Crippen LogP contribution in [0.5, 0.6) is 0 Å². The number of hydrogen-bond acceptors (Lipinski definition) is 2. The van der Waals surface area contributed by atoms with Crippen LogP contribution in [0.4, 0.5) is 0 Å². The van der Waals surface area contributed by atoms with Crippen molar-refractivity contribution in [3.8, 4) is 0 Å². The monoisotopic (exact) mass is 275 g/mol. The Morgan fingerprint density at radius 1 is 1.20 bits per heavy atom. The van der Waals surface area contributed by atoms with E-state index in [1.165, 1.54) is 18.4 Å². The predicted molar refractivity (Wildman–Crippen MR) is 81.0 cm³/mol. The first kappa shape index (κ1) is 15.0. The number of rotatable bonds is 4. The maximum Gasteiger partial charge on any atom is 0.254 e. The van der Waals surface area contributed by atoms with Crippen molar-refractivity contribution in [3.05, 3.63) is 35.4 Å². The average molecular weight is 275 g/mol. The van der Waals surface area contributed by atoms with Crippen LogP contribution in [0.25, 0.3) is 0 Å². The molecule has 0 unspecified atom stereocenters. The van der Waals surface area contributed by atoms with Gasteiger partial charge in [0.1, 0.15) is 0 Å². The van der Waals surface area contributed by atoms with Crippen molar-refractivity contribution < 1.29 is 9.53 Å². The van der Waals surface area contributed by atoms with Gasteiger partial charge in [-0.15, -0.1) is 0 Å². The number of nitrogens with zero attached hydrogens (tertiary/aromatic N) is 1. The molecule has 1 heterocycles. The number of morpholine rings is 1. The summed E-state index contributed by atoms with van der Waals surface area (Å²) in [5.41, 5.74) is 2.10. The zero-order chi connectivity index (χ0) is 14.5. The molecule has 0 saturated carbocycles. The standard InChI is InChI=1S/C17H25NO2/c1-4-5-6-15-7-9-16(10-8-15)17(19)18-11-13(2)20-14(3)12-18/h7-10,13-14H,4-6,11-12H2,1-3H3/t13-,14-/m1/s1. The molecule has 0 N–H and O–H groups in total. The summed E-state index contributed by atoms with van der Waals surface area (Å²) in [6.45, 7) is 7.59. The Balaban J connectivity index is 2.01. The first-order chi connectivity index (χ1) is 9.60. The van der Waals surface area contributed by atoms with Crippen LogP contribution >= 0.6 is 0 Å². The first-order valence-electron chi connectivity index (χ1n) is 7.63. The van der Waals surface area contributed by atoms with Gasteiger partial charge in [0.05, 0.1) is 12.2 Å². The Bertz CT molecular complexity index is 431. The van der Waals surface area contributed by atoms with Gasteiger partial charge >= 0.3 is 0 Å². The summed E-state index contributed by atoms with van der Waals surface area (Å²) in [6.07, 6.45) is 3.73. The maximum absolute atomic E-state index is 12.5. The molecule has 0 aliphatic carbocycles. The minimum atomic E-state index is 0.117. The molecular weight excluding hydrogens is 250 g/mol. The van der Waals surface area contributed by atoms with Crippen molar-refractivity contribution >= 4 is 5.91 Å². The molecule has 3 heteroatoms. The average Bonchev–Trinajstić information content (AvgIpc) is 2.44. The van der Waals surface area contributed by atoms with Gasteiger partial charge in [0.25, 0.3) is 5.91 Å². The van der Waals surface area contributed by atoms with E-state index in [0.717, 1.165) is 12.0 Å². The minimum absolute atomic E-state index is 0.117. The van der Waals surface area contributed by atoms with Crippen LogP contribution in [-0.2, 0) is 11.2 Å². The molecule has 0 bridgehead atoms. The Labute approximate surface area is 121 Å². The lowest BCUT2D eigenvalue weighted by molar-refractivity contribution is -0.0586. The Morgan fingerprint density at radius 2 is 1.80 bits per heavy atom. The number of carbonyl (C=O) groups excluding carboxylic acids is 1. The van der Waals surface area contributed by atoms with Gasteiger partial charge in [-0.3, -0.25) is 4.79 Å². The van der Waals surface area contributed by atoms with Crippen molar-refractivity contribution in [3.63, 3.8) is 0 Å². The molecule has 0 spiro atoms. The van der Waals surface area contributed by atoms with Gasteiger partial charge in [0, 0.05) is 18.7 Å². The van der Waals surface area contributed by atoms with E-state index in [1.807, 2.05) is 30.9 Å². The third-order valence-electron chi connectivity index (χ3n) is 3.73. The SMILES string of the molecule is CCCCc1ccc(C(=O)N2C[C@@H](C)O[C@H](C)C2)cc1. The van der Waals surface area contributed by atoms with Crippen molar-refractivity contribution in [2.45, 2.75) is 52.2 Å². The molecule has 3 nitrogen and oxygen atoms in total. The summed E-state index contributed by atoms with van der Waals surface area (Å²) < 4.78 is 5.67. The molecule has 1 saturated heterocycles. The molecule has 1 aliphatic rings. The van der Waals surface area contributed by atoms with E-state index in [9.17, 15) is 4.79 Å². The van der Waals surface area contributed by atoms with Crippen LogP contribution < -0.4 is 0 Å². The number of amides is 1. The van der Waals surface area contributed by atoms with Crippen molar-refractivity contribution in [2.75, 3.05) is 13.1 Å². The maximum atomic E-state index is 12.5. The number of aryl methyl sites for hydroxylation is 1. The van der Waals surface area contributed by atoms with Gasteiger partial charge in [0.2, 0.25) is 0 Å². The lowest BCUT2D eigenvalue weighted by Gasteiger charge is -2.35. The molecule has 2 rings (SSSR count). The summed E-state index contributed by atoms with van der Waals surface area (Å²) in [7, 11) is 0. The zero-order valence-corrected chi connectivity index (χ0v) is 12.8.